The Hall–Kier alpha value is -2.47. The predicted molar refractivity (Wildman–Crippen MR) is 103 cm³/mol. The molecule has 26 heavy (non-hydrogen) atoms. The molecule has 6 heteroatoms. The maximum atomic E-state index is 12.7. The van der Waals surface area contributed by atoms with E-state index < -0.39 is 0 Å². The molecule has 0 aliphatic heterocycles. The van der Waals surface area contributed by atoms with Crippen LogP contribution in [0.15, 0.2) is 35.7 Å². The van der Waals surface area contributed by atoms with Crippen LogP contribution in [0.3, 0.4) is 0 Å². The van der Waals surface area contributed by atoms with Crippen molar-refractivity contribution in [1.82, 2.24) is 4.90 Å². The van der Waals surface area contributed by atoms with Gasteiger partial charge >= 0.3 is 0 Å². The number of rotatable bonds is 8. The normalized spacial score (nSPS) is 13.7. The van der Waals surface area contributed by atoms with Crippen LogP contribution in [0, 0.1) is 0 Å². The summed E-state index contributed by atoms with van der Waals surface area (Å²) in [7, 11) is 4.72. The van der Waals surface area contributed by atoms with Crippen LogP contribution in [0.4, 0.5) is 0 Å². The zero-order valence-electron chi connectivity index (χ0n) is 15.2. The summed E-state index contributed by atoms with van der Waals surface area (Å²) in [4.78, 5) is 15.9. The number of benzene rings is 1. The fourth-order valence-corrected chi connectivity index (χ4v) is 3.51. The third kappa shape index (κ3) is 4.19. The lowest BCUT2D eigenvalue weighted by Gasteiger charge is -2.20. The first-order chi connectivity index (χ1) is 12.7. The van der Waals surface area contributed by atoms with Gasteiger partial charge in [-0.3, -0.25) is 4.79 Å². The zero-order chi connectivity index (χ0) is 18.5. The Morgan fingerprint density at radius 1 is 1.19 bits per heavy atom. The molecule has 0 bridgehead atoms. The third-order valence-corrected chi connectivity index (χ3v) is 5.14. The SMILES string of the molecule is COc1cc(/C=C/C(=O)N(Cc2cccs2)C2CC2)cc(OC)c1OC. The van der Waals surface area contributed by atoms with Gasteiger partial charge in [0.05, 0.1) is 27.9 Å². The van der Waals surface area contributed by atoms with Gasteiger partial charge in [0.1, 0.15) is 0 Å². The van der Waals surface area contributed by atoms with E-state index in [1.165, 1.54) is 4.88 Å². The summed E-state index contributed by atoms with van der Waals surface area (Å²) in [5, 5.41) is 2.04. The molecular weight excluding hydrogens is 350 g/mol. The number of thiophene rings is 1. The first-order valence-electron chi connectivity index (χ1n) is 8.47. The van der Waals surface area contributed by atoms with Crippen molar-refractivity contribution < 1.29 is 19.0 Å². The van der Waals surface area contributed by atoms with E-state index in [4.69, 9.17) is 14.2 Å². The lowest BCUT2D eigenvalue weighted by molar-refractivity contribution is -0.127. The van der Waals surface area contributed by atoms with Crippen molar-refractivity contribution in [1.29, 1.82) is 0 Å². The van der Waals surface area contributed by atoms with Crippen LogP contribution in [-0.4, -0.2) is 38.2 Å². The second-order valence-electron chi connectivity index (χ2n) is 6.07. The number of ether oxygens (including phenoxy) is 3. The molecule has 0 spiro atoms. The van der Waals surface area contributed by atoms with Crippen molar-refractivity contribution in [2.75, 3.05) is 21.3 Å². The molecular formula is C20H23NO4S. The highest BCUT2D eigenvalue weighted by Crippen LogP contribution is 2.38. The monoisotopic (exact) mass is 373 g/mol. The van der Waals surface area contributed by atoms with E-state index in [0.717, 1.165) is 18.4 Å². The topological polar surface area (TPSA) is 48.0 Å². The summed E-state index contributed by atoms with van der Waals surface area (Å²) in [5.74, 6) is 1.69. The minimum Gasteiger partial charge on any atom is -0.493 e. The Morgan fingerprint density at radius 3 is 2.38 bits per heavy atom. The van der Waals surface area contributed by atoms with E-state index >= 15 is 0 Å². The summed E-state index contributed by atoms with van der Waals surface area (Å²) < 4.78 is 16.0. The van der Waals surface area contributed by atoms with Gasteiger partial charge < -0.3 is 19.1 Å². The summed E-state index contributed by atoms with van der Waals surface area (Å²) in [5.41, 5.74) is 0.819. The molecule has 0 unspecified atom stereocenters. The maximum absolute atomic E-state index is 12.7. The Bertz CT molecular complexity index is 756. The standard InChI is InChI=1S/C20H23NO4S/c1-23-17-11-14(12-18(24-2)20(17)25-3)6-9-19(22)21(15-7-8-15)13-16-5-4-10-26-16/h4-6,9-12,15H,7-8,13H2,1-3H3/b9-6+. The summed E-state index contributed by atoms with van der Waals surface area (Å²) in [6, 6.07) is 8.09. The lowest BCUT2D eigenvalue weighted by atomic mass is 10.1. The summed E-state index contributed by atoms with van der Waals surface area (Å²) >= 11 is 1.68. The Labute approximate surface area is 157 Å². The zero-order valence-corrected chi connectivity index (χ0v) is 16.0. The van der Waals surface area contributed by atoms with Gasteiger partial charge in [-0.1, -0.05) is 6.07 Å². The molecule has 138 valence electrons. The predicted octanol–water partition coefficient (Wildman–Crippen LogP) is 3.98. The van der Waals surface area contributed by atoms with Crippen LogP contribution < -0.4 is 14.2 Å². The number of methoxy groups -OCH3 is 3. The third-order valence-electron chi connectivity index (χ3n) is 4.28. The number of hydrogen-bond donors (Lipinski definition) is 0. The highest BCUT2D eigenvalue weighted by atomic mass is 32.1. The molecule has 1 heterocycles. The van der Waals surface area contributed by atoms with Gasteiger partial charge in [0, 0.05) is 17.0 Å². The van der Waals surface area contributed by atoms with Crippen LogP contribution in [0.5, 0.6) is 17.2 Å². The first kappa shape index (κ1) is 18.3. The van der Waals surface area contributed by atoms with E-state index in [1.54, 1.807) is 44.8 Å². The van der Waals surface area contributed by atoms with E-state index in [1.807, 2.05) is 28.5 Å². The van der Waals surface area contributed by atoms with E-state index in [0.29, 0.717) is 29.8 Å². The minimum absolute atomic E-state index is 0.0228. The van der Waals surface area contributed by atoms with Gasteiger partial charge in [0.15, 0.2) is 11.5 Å². The average molecular weight is 373 g/mol. The molecule has 1 aromatic carbocycles. The maximum Gasteiger partial charge on any atom is 0.247 e. The largest absolute Gasteiger partial charge is 0.493 e. The van der Waals surface area contributed by atoms with E-state index in [-0.39, 0.29) is 5.91 Å². The molecule has 5 nitrogen and oxygen atoms in total. The number of carbonyl (C=O) groups is 1. The van der Waals surface area contributed by atoms with Crippen molar-refractivity contribution in [3.05, 3.63) is 46.2 Å². The van der Waals surface area contributed by atoms with E-state index in [9.17, 15) is 4.79 Å². The molecule has 0 atom stereocenters. The Balaban J connectivity index is 1.78. The molecule has 1 aliphatic rings. The van der Waals surface area contributed by atoms with Gasteiger partial charge in [0.2, 0.25) is 11.7 Å². The van der Waals surface area contributed by atoms with Crippen molar-refractivity contribution in [3.63, 3.8) is 0 Å². The van der Waals surface area contributed by atoms with Crippen molar-refractivity contribution in [2.24, 2.45) is 0 Å². The molecule has 1 aliphatic carbocycles. The number of carbonyl (C=O) groups excluding carboxylic acids is 1. The minimum atomic E-state index is 0.0228. The second-order valence-corrected chi connectivity index (χ2v) is 7.10. The Kier molecular flexibility index (Phi) is 5.83. The summed E-state index contributed by atoms with van der Waals surface area (Å²) in [6.07, 6.45) is 5.56. The number of amides is 1. The molecule has 2 aromatic rings. The fourth-order valence-electron chi connectivity index (χ4n) is 2.80. The van der Waals surface area contributed by atoms with Crippen LogP contribution in [0.1, 0.15) is 23.3 Å². The fraction of sp³-hybridized carbons (Fsp3) is 0.350. The molecule has 0 radical (unpaired) electrons. The molecule has 3 rings (SSSR count). The van der Waals surface area contributed by atoms with Gasteiger partial charge in [-0.15, -0.1) is 11.3 Å². The lowest BCUT2D eigenvalue weighted by Crippen LogP contribution is -2.30. The first-order valence-corrected chi connectivity index (χ1v) is 9.35. The molecule has 1 fully saturated rings. The van der Waals surface area contributed by atoms with Crippen molar-refractivity contribution in [3.8, 4) is 17.2 Å². The molecule has 1 amide bonds. The van der Waals surface area contributed by atoms with Crippen LogP contribution in [-0.2, 0) is 11.3 Å². The molecule has 0 N–H and O–H groups in total. The quantitative estimate of drug-likeness (QED) is 0.657. The Morgan fingerprint density at radius 2 is 1.88 bits per heavy atom. The van der Waals surface area contributed by atoms with Crippen molar-refractivity contribution >= 4 is 23.3 Å². The van der Waals surface area contributed by atoms with Gasteiger partial charge in [0.25, 0.3) is 0 Å². The highest BCUT2D eigenvalue weighted by molar-refractivity contribution is 7.09. The van der Waals surface area contributed by atoms with Crippen LogP contribution >= 0.6 is 11.3 Å². The van der Waals surface area contributed by atoms with Gasteiger partial charge in [-0.05, 0) is 48.1 Å². The molecule has 1 saturated carbocycles. The second kappa shape index (κ2) is 8.27. The smallest absolute Gasteiger partial charge is 0.247 e. The van der Waals surface area contributed by atoms with Crippen LogP contribution in [0.25, 0.3) is 6.08 Å². The highest BCUT2D eigenvalue weighted by Gasteiger charge is 2.31. The van der Waals surface area contributed by atoms with Crippen molar-refractivity contribution in [2.45, 2.75) is 25.4 Å². The van der Waals surface area contributed by atoms with E-state index in [2.05, 4.69) is 6.07 Å². The molecule has 1 aromatic heterocycles. The van der Waals surface area contributed by atoms with Crippen LogP contribution in [0.2, 0.25) is 0 Å². The number of hydrogen-bond acceptors (Lipinski definition) is 5. The molecule has 0 saturated heterocycles. The summed E-state index contributed by atoms with van der Waals surface area (Å²) in [6.45, 7) is 0.667. The van der Waals surface area contributed by atoms with Gasteiger partial charge in [-0.25, -0.2) is 0 Å². The average Bonchev–Trinajstić information content (AvgIpc) is 3.38. The number of nitrogens with zero attached hydrogens (tertiary/aromatic N) is 1. The van der Waals surface area contributed by atoms with Gasteiger partial charge in [-0.2, -0.15) is 0 Å².